The van der Waals surface area contributed by atoms with E-state index in [1.165, 1.54) is 0 Å². The number of carboxylic acid groups (broad SMARTS) is 1. The summed E-state index contributed by atoms with van der Waals surface area (Å²) in [4.78, 5) is 10.6. The lowest BCUT2D eigenvalue weighted by Gasteiger charge is -2.06. The number of hydrogen-bond acceptors (Lipinski definition) is 4. The van der Waals surface area contributed by atoms with Gasteiger partial charge in [0.15, 0.2) is 5.69 Å². The van der Waals surface area contributed by atoms with Crippen molar-refractivity contribution in [3.05, 3.63) is 16.4 Å². The molecule has 5 N–H and O–H groups in total. The maximum Gasteiger partial charge on any atom is 0.356 e. The molecule has 72 valence electrons. The van der Waals surface area contributed by atoms with E-state index in [0.717, 1.165) is 0 Å². The standard InChI is InChI=1S/C6H8ClN3O3/c7-5-3(2(8)1-11)4(6(12)13)9-10-5/h2,11H,1,8H2,(H,9,10)(H,12,13). The predicted molar refractivity (Wildman–Crippen MR) is 44.6 cm³/mol. The zero-order chi connectivity index (χ0) is 10.0. The van der Waals surface area contributed by atoms with Gasteiger partial charge in [-0.05, 0) is 0 Å². The SMILES string of the molecule is NC(CO)c1c(C(=O)O)n[nH]c1Cl. The quantitative estimate of drug-likeness (QED) is 0.544. The zero-order valence-corrected chi connectivity index (χ0v) is 7.25. The fourth-order valence-electron chi connectivity index (χ4n) is 0.922. The normalized spacial score (nSPS) is 12.8. The van der Waals surface area contributed by atoms with Gasteiger partial charge in [-0.3, -0.25) is 5.10 Å². The van der Waals surface area contributed by atoms with Crippen LogP contribution in [0.3, 0.4) is 0 Å². The number of carbonyl (C=O) groups is 1. The summed E-state index contributed by atoms with van der Waals surface area (Å²) >= 11 is 5.59. The highest BCUT2D eigenvalue weighted by Crippen LogP contribution is 2.22. The number of nitrogens with two attached hydrogens (primary N) is 1. The fraction of sp³-hybridized carbons (Fsp3) is 0.333. The number of rotatable bonds is 3. The van der Waals surface area contributed by atoms with Crippen molar-refractivity contribution >= 4 is 17.6 Å². The third kappa shape index (κ3) is 1.80. The molecule has 6 nitrogen and oxygen atoms in total. The molecule has 0 amide bonds. The van der Waals surface area contributed by atoms with Crippen LogP contribution in [0.4, 0.5) is 0 Å². The molecular formula is C6H8ClN3O3. The molecule has 13 heavy (non-hydrogen) atoms. The molecule has 0 aliphatic heterocycles. The van der Waals surface area contributed by atoms with Crippen LogP contribution in [0.2, 0.25) is 5.15 Å². The van der Waals surface area contributed by atoms with Crippen LogP contribution >= 0.6 is 11.6 Å². The summed E-state index contributed by atoms with van der Waals surface area (Å²) in [6.45, 7) is -0.389. The molecule has 7 heteroatoms. The minimum Gasteiger partial charge on any atom is -0.476 e. The van der Waals surface area contributed by atoms with E-state index in [0.29, 0.717) is 0 Å². The van der Waals surface area contributed by atoms with Crippen molar-refractivity contribution in [2.24, 2.45) is 5.73 Å². The van der Waals surface area contributed by atoms with Crippen molar-refractivity contribution in [3.8, 4) is 0 Å². The Morgan fingerprint density at radius 1 is 1.77 bits per heavy atom. The minimum absolute atomic E-state index is 0.0407. The van der Waals surface area contributed by atoms with Crippen molar-refractivity contribution in [1.29, 1.82) is 0 Å². The van der Waals surface area contributed by atoms with Crippen molar-refractivity contribution < 1.29 is 15.0 Å². The molecule has 1 atom stereocenters. The van der Waals surface area contributed by atoms with Gasteiger partial charge in [-0.1, -0.05) is 11.6 Å². The average molecular weight is 206 g/mol. The van der Waals surface area contributed by atoms with Gasteiger partial charge >= 0.3 is 5.97 Å². The zero-order valence-electron chi connectivity index (χ0n) is 6.49. The third-order valence-corrected chi connectivity index (χ3v) is 1.82. The summed E-state index contributed by atoms with van der Waals surface area (Å²) < 4.78 is 0. The van der Waals surface area contributed by atoms with Crippen molar-refractivity contribution in [2.45, 2.75) is 6.04 Å². The van der Waals surface area contributed by atoms with Crippen LogP contribution < -0.4 is 5.73 Å². The first-order valence-electron chi connectivity index (χ1n) is 3.41. The summed E-state index contributed by atoms with van der Waals surface area (Å²) in [5.41, 5.74) is 5.28. The largest absolute Gasteiger partial charge is 0.476 e. The number of halogens is 1. The van der Waals surface area contributed by atoms with E-state index in [4.69, 9.17) is 27.5 Å². The van der Waals surface area contributed by atoms with Gasteiger partial charge in [-0.25, -0.2) is 4.79 Å². The number of nitrogens with zero attached hydrogens (tertiary/aromatic N) is 1. The maximum atomic E-state index is 10.6. The maximum absolute atomic E-state index is 10.6. The Morgan fingerprint density at radius 2 is 2.38 bits per heavy atom. The van der Waals surface area contributed by atoms with Crippen molar-refractivity contribution in [2.75, 3.05) is 6.61 Å². The molecular weight excluding hydrogens is 198 g/mol. The van der Waals surface area contributed by atoms with Gasteiger partial charge in [0.2, 0.25) is 0 Å². The first-order chi connectivity index (χ1) is 6.07. The molecule has 0 radical (unpaired) electrons. The third-order valence-electron chi connectivity index (χ3n) is 1.53. The number of aliphatic hydroxyl groups excluding tert-OH is 1. The highest BCUT2D eigenvalue weighted by atomic mass is 35.5. The van der Waals surface area contributed by atoms with Gasteiger partial charge in [-0.2, -0.15) is 5.10 Å². The molecule has 0 bridgehead atoms. The van der Waals surface area contributed by atoms with Gasteiger partial charge in [0.25, 0.3) is 0 Å². The Hall–Kier alpha value is -1.11. The molecule has 1 heterocycles. The summed E-state index contributed by atoms with van der Waals surface area (Å²) in [5.74, 6) is -1.23. The van der Waals surface area contributed by atoms with Gasteiger partial charge in [0, 0.05) is 5.56 Å². The number of aromatic carboxylic acids is 1. The molecule has 0 aromatic carbocycles. The minimum atomic E-state index is -1.23. The molecule has 0 saturated heterocycles. The highest BCUT2D eigenvalue weighted by Gasteiger charge is 2.22. The highest BCUT2D eigenvalue weighted by molar-refractivity contribution is 6.30. The van der Waals surface area contributed by atoms with Crippen LogP contribution in [0.15, 0.2) is 0 Å². The first kappa shape index (κ1) is 9.97. The number of carboxylic acids is 1. The smallest absolute Gasteiger partial charge is 0.356 e. The molecule has 1 unspecified atom stereocenters. The van der Waals surface area contributed by atoms with Crippen LogP contribution in [0.1, 0.15) is 22.1 Å². The Labute approximate surface area is 78.3 Å². The van der Waals surface area contributed by atoms with Gasteiger partial charge in [-0.15, -0.1) is 0 Å². The number of aromatic amines is 1. The van der Waals surface area contributed by atoms with Gasteiger partial charge in [0.05, 0.1) is 12.6 Å². The lowest BCUT2D eigenvalue weighted by atomic mass is 10.1. The van der Waals surface area contributed by atoms with Crippen LogP contribution in [0.5, 0.6) is 0 Å². The van der Waals surface area contributed by atoms with E-state index in [1.807, 2.05) is 0 Å². The number of H-pyrrole nitrogens is 1. The second-order valence-corrected chi connectivity index (χ2v) is 2.77. The van der Waals surface area contributed by atoms with Crippen LogP contribution in [0, 0.1) is 0 Å². The summed E-state index contributed by atoms with van der Waals surface area (Å²) in [6, 6.07) is -0.836. The molecule has 1 aromatic heterocycles. The second kappa shape index (κ2) is 3.73. The molecule has 0 aliphatic rings. The molecule has 1 aromatic rings. The Balaban J connectivity index is 3.15. The number of nitrogens with one attached hydrogen (secondary N) is 1. The van der Waals surface area contributed by atoms with Gasteiger partial charge in [0.1, 0.15) is 5.15 Å². The number of aliphatic hydroxyl groups is 1. The van der Waals surface area contributed by atoms with E-state index >= 15 is 0 Å². The average Bonchev–Trinajstić information content (AvgIpc) is 2.46. The summed E-state index contributed by atoms with van der Waals surface area (Å²) in [5, 5.41) is 23.1. The topological polar surface area (TPSA) is 112 Å². The lowest BCUT2D eigenvalue weighted by molar-refractivity contribution is 0.0688. The summed E-state index contributed by atoms with van der Waals surface area (Å²) in [7, 11) is 0. The van der Waals surface area contributed by atoms with Crippen molar-refractivity contribution in [1.82, 2.24) is 10.2 Å². The van der Waals surface area contributed by atoms with E-state index in [1.54, 1.807) is 0 Å². The lowest BCUT2D eigenvalue weighted by Crippen LogP contribution is -2.17. The van der Waals surface area contributed by atoms with Crippen LogP contribution in [0.25, 0.3) is 0 Å². The Bertz CT molecular complexity index is 325. The van der Waals surface area contributed by atoms with E-state index in [9.17, 15) is 4.79 Å². The monoisotopic (exact) mass is 205 g/mol. The molecule has 0 fully saturated rings. The van der Waals surface area contributed by atoms with Crippen LogP contribution in [-0.4, -0.2) is 33.0 Å². The van der Waals surface area contributed by atoms with E-state index in [2.05, 4.69) is 10.2 Å². The first-order valence-corrected chi connectivity index (χ1v) is 3.79. The van der Waals surface area contributed by atoms with E-state index < -0.39 is 12.0 Å². The van der Waals surface area contributed by atoms with E-state index in [-0.39, 0.29) is 23.0 Å². The molecule has 1 rings (SSSR count). The number of aromatic nitrogens is 2. The van der Waals surface area contributed by atoms with Crippen LogP contribution in [-0.2, 0) is 0 Å². The number of hydrogen-bond donors (Lipinski definition) is 4. The Morgan fingerprint density at radius 3 is 2.85 bits per heavy atom. The Kier molecular flexibility index (Phi) is 2.86. The second-order valence-electron chi connectivity index (χ2n) is 2.39. The fourth-order valence-corrected chi connectivity index (χ4v) is 1.19. The van der Waals surface area contributed by atoms with Gasteiger partial charge < -0.3 is 15.9 Å². The molecule has 0 saturated carbocycles. The molecule has 0 spiro atoms. The summed E-state index contributed by atoms with van der Waals surface area (Å²) in [6.07, 6.45) is 0. The van der Waals surface area contributed by atoms with Crippen molar-refractivity contribution in [3.63, 3.8) is 0 Å². The predicted octanol–water partition coefficient (Wildman–Crippen LogP) is -0.247. The molecule has 0 aliphatic carbocycles.